The number of hydrogen-bond donors (Lipinski definition) is 1. The molecule has 1 atom stereocenters. The molecule has 9 nitrogen and oxygen atoms in total. The van der Waals surface area contributed by atoms with Crippen LogP contribution in [0.5, 0.6) is 0 Å². The van der Waals surface area contributed by atoms with Gasteiger partial charge in [-0.05, 0) is 31.0 Å². The summed E-state index contributed by atoms with van der Waals surface area (Å²) in [5.41, 5.74) is 0.834. The van der Waals surface area contributed by atoms with Crippen molar-refractivity contribution in [2.45, 2.75) is 19.4 Å². The van der Waals surface area contributed by atoms with Gasteiger partial charge in [-0.1, -0.05) is 6.07 Å². The first-order chi connectivity index (χ1) is 13.7. The third-order valence-electron chi connectivity index (χ3n) is 4.77. The van der Waals surface area contributed by atoms with E-state index in [0.717, 1.165) is 18.4 Å². The Hall–Kier alpha value is -3.49. The van der Waals surface area contributed by atoms with Crippen LogP contribution in [0.2, 0.25) is 0 Å². The lowest BCUT2D eigenvalue weighted by Gasteiger charge is -2.31. The summed E-state index contributed by atoms with van der Waals surface area (Å²) in [4.78, 5) is 35.1. The van der Waals surface area contributed by atoms with Crippen LogP contribution in [-0.4, -0.2) is 49.6 Å². The first-order valence-corrected chi connectivity index (χ1v) is 9.12. The number of likely N-dealkylation sites (tertiary alicyclic amines) is 1. The third-order valence-corrected chi connectivity index (χ3v) is 4.77. The molecule has 0 saturated carbocycles. The minimum Gasteiger partial charge on any atom is -0.459 e. The fraction of sp³-hybridized carbons (Fsp3) is 0.316. The van der Waals surface area contributed by atoms with Crippen LogP contribution in [0.1, 0.15) is 29.0 Å². The quantitative estimate of drug-likeness (QED) is 0.718. The number of hydrogen-bond acceptors (Lipinski definition) is 6. The van der Waals surface area contributed by atoms with Crippen LogP contribution in [0, 0.1) is 5.92 Å². The fourth-order valence-corrected chi connectivity index (χ4v) is 3.35. The zero-order valence-electron chi connectivity index (χ0n) is 15.2. The Morgan fingerprint density at radius 3 is 3.00 bits per heavy atom. The van der Waals surface area contributed by atoms with E-state index in [-0.39, 0.29) is 17.7 Å². The zero-order chi connectivity index (χ0) is 19.3. The first kappa shape index (κ1) is 17.9. The fourth-order valence-electron chi connectivity index (χ4n) is 3.35. The largest absolute Gasteiger partial charge is 0.459 e. The van der Waals surface area contributed by atoms with Crippen molar-refractivity contribution in [2.24, 2.45) is 5.92 Å². The van der Waals surface area contributed by atoms with Gasteiger partial charge >= 0.3 is 0 Å². The Kier molecular flexibility index (Phi) is 5.14. The number of aromatic nitrogens is 4. The Morgan fingerprint density at radius 1 is 1.29 bits per heavy atom. The average Bonchev–Trinajstić information content (AvgIpc) is 3.46. The van der Waals surface area contributed by atoms with Crippen LogP contribution < -0.4 is 5.32 Å². The molecule has 0 aliphatic carbocycles. The molecule has 1 fully saturated rings. The van der Waals surface area contributed by atoms with E-state index in [1.807, 2.05) is 12.1 Å². The van der Waals surface area contributed by atoms with E-state index < -0.39 is 0 Å². The SMILES string of the molecule is O=C(NCc1cccnc1-n1cncn1)[C@@H]1CCCN(C(=O)c2ccco2)C1. The summed E-state index contributed by atoms with van der Waals surface area (Å²) in [6, 6.07) is 7.02. The summed E-state index contributed by atoms with van der Waals surface area (Å²) < 4.78 is 6.75. The Morgan fingerprint density at radius 2 is 2.21 bits per heavy atom. The van der Waals surface area contributed by atoms with Crippen LogP contribution in [-0.2, 0) is 11.3 Å². The maximum absolute atomic E-state index is 12.7. The highest BCUT2D eigenvalue weighted by Gasteiger charge is 2.29. The van der Waals surface area contributed by atoms with Gasteiger partial charge in [-0.3, -0.25) is 9.59 Å². The third kappa shape index (κ3) is 3.78. The number of amides is 2. The van der Waals surface area contributed by atoms with Crippen LogP contribution in [0.25, 0.3) is 5.82 Å². The highest BCUT2D eigenvalue weighted by atomic mass is 16.3. The number of pyridine rings is 1. The molecule has 3 aromatic rings. The number of rotatable bonds is 5. The molecular weight excluding hydrogens is 360 g/mol. The number of piperidine rings is 1. The van der Waals surface area contributed by atoms with Gasteiger partial charge in [0.15, 0.2) is 11.6 Å². The van der Waals surface area contributed by atoms with Crippen molar-refractivity contribution in [3.63, 3.8) is 0 Å². The van der Waals surface area contributed by atoms with Crippen molar-refractivity contribution < 1.29 is 14.0 Å². The van der Waals surface area contributed by atoms with Gasteiger partial charge in [0, 0.05) is 31.4 Å². The molecular formula is C19H20N6O3. The van der Waals surface area contributed by atoms with Gasteiger partial charge in [-0.25, -0.2) is 14.6 Å². The predicted molar refractivity (Wildman–Crippen MR) is 98.3 cm³/mol. The monoisotopic (exact) mass is 380 g/mol. The smallest absolute Gasteiger partial charge is 0.289 e. The van der Waals surface area contributed by atoms with Crippen molar-refractivity contribution in [1.29, 1.82) is 0 Å². The number of carbonyl (C=O) groups is 2. The van der Waals surface area contributed by atoms with Crippen molar-refractivity contribution in [3.05, 3.63) is 60.7 Å². The van der Waals surface area contributed by atoms with Crippen molar-refractivity contribution in [2.75, 3.05) is 13.1 Å². The van der Waals surface area contributed by atoms with E-state index in [9.17, 15) is 9.59 Å². The van der Waals surface area contributed by atoms with Crippen LogP contribution >= 0.6 is 0 Å². The highest BCUT2D eigenvalue weighted by Crippen LogP contribution is 2.19. The van der Waals surface area contributed by atoms with Crippen LogP contribution in [0.4, 0.5) is 0 Å². The average molecular weight is 380 g/mol. The Bertz CT molecular complexity index is 939. The molecule has 1 N–H and O–H groups in total. The molecule has 1 aliphatic rings. The van der Waals surface area contributed by atoms with Crippen LogP contribution in [0.15, 0.2) is 53.8 Å². The molecule has 4 rings (SSSR count). The number of nitrogens with zero attached hydrogens (tertiary/aromatic N) is 5. The minimum atomic E-state index is -0.251. The summed E-state index contributed by atoms with van der Waals surface area (Å²) in [7, 11) is 0. The predicted octanol–water partition coefficient (Wildman–Crippen LogP) is 1.42. The maximum Gasteiger partial charge on any atom is 0.289 e. The first-order valence-electron chi connectivity index (χ1n) is 9.12. The van der Waals surface area contributed by atoms with E-state index in [2.05, 4.69) is 20.4 Å². The van der Waals surface area contributed by atoms with Crippen molar-refractivity contribution in [1.82, 2.24) is 30.0 Å². The summed E-state index contributed by atoms with van der Waals surface area (Å²) in [6.07, 6.45) is 7.67. The molecule has 144 valence electrons. The molecule has 28 heavy (non-hydrogen) atoms. The normalized spacial score (nSPS) is 16.7. The molecule has 0 aromatic carbocycles. The van der Waals surface area contributed by atoms with Gasteiger partial charge in [0.25, 0.3) is 5.91 Å². The standard InChI is InChI=1S/C19H20N6O3/c26-18(15-5-2-8-24(11-15)19(27)16-6-3-9-28-16)22-10-14-4-1-7-21-17(14)25-13-20-12-23-25/h1,3-4,6-7,9,12-13,15H,2,5,8,10-11H2,(H,22,26)/t15-/m1/s1. The molecule has 3 aromatic heterocycles. The number of nitrogens with one attached hydrogen (secondary N) is 1. The molecule has 0 bridgehead atoms. The number of furan rings is 1. The van der Waals surface area contributed by atoms with Crippen LogP contribution in [0.3, 0.4) is 0 Å². The molecule has 0 unspecified atom stereocenters. The summed E-state index contributed by atoms with van der Waals surface area (Å²) in [5.74, 6) is 0.417. The molecule has 2 amide bonds. The maximum atomic E-state index is 12.7. The lowest BCUT2D eigenvalue weighted by Crippen LogP contribution is -2.45. The van der Waals surface area contributed by atoms with E-state index in [1.54, 1.807) is 34.2 Å². The molecule has 9 heteroatoms. The second kappa shape index (κ2) is 8.03. The molecule has 0 spiro atoms. The molecule has 4 heterocycles. The topological polar surface area (TPSA) is 106 Å². The lowest BCUT2D eigenvalue weighted by atomic mass is 9.97. The van der Waals surface area contributed by atoms with Gasteiger partial charge < -0.3 is 14.6 Å². The zero-order valence-corrected chi connectivity index (χ0v) is 15.2. The van der Waals surface area contributed by atoms with E-state index in [1.165, 1.54) is 12.6 Å². The lowest BCUT2D eigenvalue weighted by molar-refractivity contribution is -0.126. The summed E-state index contributed by atoms with van der Waals surface area (Å²) in [6.45, 7) is 1.33. The second-order valence-electron chi connectivity index (χ2n) is 6.61. The van der Waals surface area contributed by atoms with Gasteiger partial charge in [0.2, 0.25) is 5.91 Å². The molecule has 1 saturated heterocycles. The highest BCUT2D eigenvalue weighted by molar-refractivity contribution is 5.92. The Labute approximate surface area is 161 Å². The molecule has 1 aliphatic heterocycles. The van der Waals surface area contributed by atoms with Crippen molar-refractivity contribution in [3.8, 4) is 5.82 Å². The van der Waals surface area contributed by atoms with E-state index >= 15 is 0 Å². The van der Waals surface area contributed by atoms with Gasteiger partial charge in [-0.2, -0.15) is 5.10 Å². The van der Waals surface area contributed by atoms with E-state index in [4.69, 9.17) is 4.42 Å². The molecule has 0 radical (unpaired) electrons. The van der Waals surface area contributed by atoms with Gasteiger partial charge in [-0.15, -0.1) is 0 Å². The van der Waals surface area contributed by atoms with Gasteiger partial charge in [0.1, 0.15) is 12.7 Å². The van der Waals surface area contributed by atoms with Crippen molar-refractivity contribution >= 4 is 11.8 Å². The number of carbonyl (C=O) groups excluding carboxylic acids is 2. The van der Waals surface area contributed by atoms with Gasteiger partial charge in [0.05, 0.1) is 12.2 Å². The Balaban J connectivity index is 1.39. The minimum absolute atomic E-state index is 0.0784. The summed E-state index contributed by atoms with van der Waals surface area (Å²) in [5, 5.41) is 7.06. The second-order valence-corrected chi connectivity index (χ2v) is 6.61. The van der Waals surface area contributed by atoms with E-state index in [0.29, 0.717) is 31.2 Å². The summed E-state index contributed by atoms with van der Waals surface area (Å²) >= 11 is 0.